The van der Waals surface area contributed by atoms with Crippen LogP contribution in [-0.4, -0.2) is 29.5 Å². The van der Waals surface area contributed by atoms with E-state index in [2.05, 4.69) is 50.6 Å². The molecule has 0 spiro atoms. The summed E-state index contributed by atoms with van der Waals surface area (Å²) in [6.45, 7) is 13.2. The summed E-state index contributed by atoms with van der Waals surface area (Å²) in [6, 6.07) is 11.5. The average Bonchev–Trinajstić information content (AvgIpc) is 3.27. The molecule has 0 radical (unpaired) electrons. The standard InChI is InChI=1S/C25H34N2O2S/c1-7-17(2)25(4,5)26-13-8-14-27-18(3)15-20-16-22(30-24(20)27)23(28)19-9-11-21(29-6)12-10-19/h9-12,15-17,26H,7-8,13-14H2,1-6H3. The predicted octanol–water partition coefficient (Wildman–Crippen LogP) is 6.06. The Labute approximate surface area is 184 Å². The number of aryl methyl sites for hydroxylation is 2. The van der Waals surface area contributed by atoms with Gasteiger partial charge in [-0.05, 0) is 76.1 Å². The van der Waals surface area contributed by atoms with Crippen molar-refractivity contribution in [1.82, 2.24) is 9.88 Å². The van der Waals surface area contributed by atoms with E-state index in [4.69, 9.17) is 4.74 Å². The zero-order valence-corrected chi connectivity index (χ0v) is 19.9. The summed E-state index contributed by atoms with van der Waals surface area (Å²) in [6.07, 6.45) is 2.24. The molecular formula is C25H34N2O2S. The van der Waals surface area contributed by atoms with Crippen LogP contribution in [0.25, 0.3) is 10.2 Å². The second-order valence-corrected chi connectivity index (χ2v) is 9.71. The van der Waals surface area contributed by atoms with E-state index in [1.807, 2.05) is 30.3 Å². The van der Waals surface area contributed by atoms with Gasteiger partial charge in [-0.2, -0.15) is 0 Å². The van der Waals surface area contributed by atoms with Crippen molar-refractivity contribution in [3.05, 3.63) is 52.5 Å². The maximum atomic E-state index is 12.9. The zero-order chi connectivity index (χ0) is 21.9. The molecule has 5 heteroatoms. The van der Waals surface area contributed by atoms with Gasteiger partial charge in [-0.25, -0.2) is 0 Å². The van der Waals surface area contributed by atoms with E-state index >= 15 is 0 Å². The molecular weight excluding hydrogens is 392 g/mol. The van der Waals surface area contributed by atoms with Crippen LogP contribution in [0.2, 0.25) is 0 Å². The van der Waals surface area contributed by atoms with Gasteiger partial charge in [-0.1, -0.05) is 20.3 Å². The quantitative estimate of drug-likeness (QED) is 0.317. The lowest BCUT2D eigenvalue weighted by Crippen LogP contribution is -2.45. The molecule has 3 rings (SSSR count). The van der Waals surface area contributed by atoms with Crippen LogP contribution < -0.4 is 10.1 Å². The Morgan fingerprint density at radius 3 is 2.57 bits per heavy atom. The summed E-state index contributed by atoms with van der Waals surface area (Å²) in [5.41, 5.74) is 2.09. The molecule has 0 amide bonds. The van der Waals surface area contributed by atoms with Crippen molar-refractivity contribution in [2.24, 2.45) is 5.92 Å². The van der Waals surface area contributed by atoms with E-state index < -0.39 is 0 Å². The first kappa shape index (κ1) is 22.6. The second-order valence-electron chi connectivity index (χ2n) is 8.68. The van der Waals surface area contributed by atoms with Gasteiger partial charge in [0.1, 0.15) is 10.6 Å². The first-order valence-corrected chi connectivity index (χ1v) is 11.6. The lowest BCUT2D eigenvalue weighted by atomic mass is 9.87. The van der Waals surface area contributed by atoms with Crippen LogP contribution in [0.3, 0.4) is 0 Å². The number of benzene rings is 1. The number of methoxy groups -OCH3 is 1. The van der Waals surface area contributed by atoms with Crippen LogP contribution in [0.4, 0.5) is 0 Å². The SMILES string of the molecule is CCC(C)C(C)(C)NCCCn1c(C)cc2cc(C(=O)c3ccc(OC)cc3)sc21. The Morgan fingerprint density at radius 1 is 1.23 bits per heavy atom. The van der Waals surface area contributed by atoms with Crippen LogP contribution in [-0.2, 0) is 6.54 Å². The van der Waals surface area contributed by atoms with E-state index in [0.717, 1.165) is 35.5 Å². The van der Waals surface area contributed by atoms with Crippen LogP contribution >= 0.6 is 11.3 Å². The Kier molecular flexibility index (Phi) is 7.04. The average molecular weight is 427 g/mol. The lowest BCUT2D eigenvalue weighted by molar-refractivity contribution is 0.104. The van der Waals surface area contributed by atoms with Crippen LogP contribution in [0.15, 0.2) is 36.4 Å². The van der Waals surface area contributed by atoms with Crippen LogP contribution in [0.5, 0.6) is 5.75 Å². The van der Waals surface area contributed by atoms with Gasteiger partial charge in [-0.15, -0.1) is 11.3 Å². The number of carbonyl (C=O) groups excluding carboxylic acids is 1. The maximum absolute atomic E-state index is 12.9. The number of hydrogen-bond donors (Lipinski definition) is 1. The molecule has 30 heavy (non-hydrogen) atoms. The van der Waals surface area contributed by atoms with Crippen molar-refractivity contribution >= 4 is 27.3 Å². The zero-order valence-electron chi connectivity index (χ0n) is 19.0. The minimum atomic E-state index is 0.0695. The summed E-state index contributed by atoms with van der Waals surface area (Å²) in [5, 5.41) is 4.87. The first-order chi connectivity index (χ1) is 14.3. The number of ketones is 1. The van der Waals surface area contributed by atoms with Gasteiger partial charge in [0, 0.05) is 28.7 Å². The fourth-order valence-corrected chi connectivity index (χ4v) is 4.97. The van der Waals surface area contributed by atoms with Crippen LogP contribution in [0.1, 0.15) is 61.5 Å². The topological polar surface area (TPSA) is 43.3 Å². The Bertz CT molecular complexity index is 998. The lowest BCUT2D eigenvalue weighted by Gasteiger charge is -2.32. The normalized spacial score (nSPS) is 13.0. The van der Waals surface area contributed by atoms with E-state index in [-0.39, 0.29) is 11.3 Å². The van der Waals surface area contributed by atoms with Crippen molar-refractivity contribution < 1.29 is 9.53 Å². The molecule has 0 aliphatic heterocycles. The van der Waals surface area contributed by atoms with Crippen molar-refractivity contribution in [3.8, 4) is 5.75 Å². The van der Waals surface area contributed by atoms with E-state index in [1.165, 1.54) is 16.9 Å². The summed E-state index contributed by atoms with van der Waals surface area (Å²) >= 11 is 1.59. The third kappa shape index (κ3) is 4.79. The molecule has 0 aliphatic carbocycles. The third-order valence-corrected chi connectivity index (χ3v) is 7.51. The molecule has 0 aliphatic rings. The molecule has 162 valence electrons. The number of hydrogen-bond acceptors (Lipinski definition) is 4. The van der Waals surface area contributed by atoms with Gasteiger partial charge in [0.15, 0.2) is 0 Å². The highest BCUT2D eigenvalue weighted by Crippen LogP contribution is 2.31. The summed E-state index contributed by atoms with van der Waals surface area (Å²) < 4.78 is 7.54. The van der Waals surface area contributed by atoms with Crippen molar-refractivity contribution in [1.29, 1.82) is 0 Å². The Balaban J connectivity index is 1.70. The van der Waals surface area contributed by atoms with Gasteiger partial charge in [0.2, 0.25) is 5.78 Å². The highest BCUT2D eigenvalue weighted by Gasteiger charge is 2.23. The van der Waals surface area contributed by atoms with Gasteiger partial charge >= 0.3 is 0 Å². The number of thiophene rings is 1. The largest absolute Gasteiger partial charge is 0.497 e. The first-order valence-electron chi connectivity index (χ1n) is 10.8. The fourth-order valence-electron chi connectivity index (χ4n) is 3.78. The molecule has 4 nitrogen and oxygen atoms in total. The molecule has 2 heterocycles. The molecule has 0 saturated carbocycles. The van der Waals surface area contributed by atoms with Gasteiger partial charge in [0.25, 0.3) is 0 Å². The highest BCUT2D eigenvalue weighted by atomic mass is 32.1. The fraction of sp³-hybridized carbons (Fsp3) is 0.480. The summed E-state index contributed by atoms with van der Waals surface area (Å²) in [5.74, 6) is 1.47. The van der Waals surface area contributed by atoms with Gasteiger partial charge < -0.3 is 14.6 Å². The molecule has 3 aromatic rings. The van der Waals surface area contributed by atoms with Gasteiger partial charge in [0.05, 0.1) is 12.0 Å². The predicted molar refractivity (Wildman–Crippen MR) is 127 cm³/mol. The van der Waals surface area contributed by atoms with Crippen molar-refractivity contribution in [2.45, 2.75) is 59.5 Å². The molecule has 2 aromatic heterocycles. The molecule has 1 N–H and O–H groups in total. The van der Waals surface area contributed by atoms with Crippen molar-refractivity contribution in [2.75, 3.05) is 13.7 Å². The minimum absolute atomic E-state index is 0.0695. The monoisotopic (exact) mass is 426 g/mol. The molecule has 1 unspecified atom stereocenters. The second kappa shape index (κ2) is 9.36. The number of fused-ring (bicyclic) bond motifs is 1. The Morgan fingerprint density at radius 2 is 1.93 bits per heavy atom. The number of nitrogens with one attached hydrogen (secondary N) is 1. The highest BCUT2D eigenvalue weighted by molar-refractivity contribution is 7.20. The Hall–Kier alpha value is -2.11. The molecule has 1 atom stereocenters. The number of carbonyl (C=O) groups is 1. The van der Waals surface area contributed by atoms with Gasteiger partial charge in [-0.3, -0.25) is 4.79 Å². The van der Waals surface area contributed by atoms with Crippen molar-refractivity contribution in [3.63, 3.8) is 0 Å². The van der Waals surface area contributed by atoms with E-state index in [1.54, 1.807) is 18.4 Å². The summed E-state index contributed by atoms with van der Waals surface area (Å²) in [7, 11) is 1.63. The smallest absolute Gasteiger partial charge is 0.203 e. The number of aromatic nitrogens is 1. The third-order valence-electron chi connectivity index (χ3n) is 6.33. The van der Waals surface area contributed by atoms with E-state index in [9.17, 15) is 4.79 Å². The van der Waals surface area contributed by atoms with Crippen LogP contribution in [0, 0.1) is 12.8 Å². The summed E-state index contributed by atoms with van der Waals surface area (Å²) in [4.78, 5) is 14.9. The molecule has 0 fully saturated rings. The number of ether oxygens (including phenoxy) is 1. The maximum Gasteiger partial charge on any atom is 0.203 e. The number of rotatable bonds is 10. The molecule has 1 aromatic carbocycles. The molecule has 0 bridgehead atoms. The molecule has 0 saturated heterocycles. The number of nitrogens with zero attached hydrogens (tertiary/aromatic N) is 1. The van der Waals surface area contributed by atoms with E-state index in [0.29, 0.717) is 11.5 Å². The minimum Gasteiger partial charge on any atom is -0.497 e.